The Labute approximate surface area is 181 Å². The van der Waals surface area contributed by atoms with Crippen LogP contribution in [0.4, 0.5) is 0 Å². The molecule has 4 rings (SSSR count). The van der Waals surface area contributed by atoms with Gasteiger partial charge < -0.3 is 9.84 Å². The number of nitrogens with zero attached hydrogens (tertiary/aromatic N) is 3. The molecule has 2 atom stereocenters. The zero-order chi connectivity index (χ0) is 20.9. The lowest BCUT2D eigenvalue weighted by molar-refractivity contribution is -0.127. The number of carbonyl (C=O) groups excluding carboxylic acids is 1. The predicted octanol–water partition coefficient (Wildman–Crippen LogP) is 4.48. The van der Waals surface area contributed by atoms with Crippen molar-refractivity contribution in [2.75, 3.05) is 13.1 Å². The number of hydrogen-bond donors (Lipinski definition) is 1. The number of carbonyl (C=O) groups is 1. The fourth-order valence-electron chi connectivity index (χ4n) is 3.83. The smallest absolute Gasteiger partial charge is 0.241 e. The number of nitrogens with one attached hydrogen (secondary N) is 1. The van der Waals surface area contributed by atoms with Crippen molar-refractivity contribution in [2.24, 2.45) is 5.92 Å². The number of piperidine rings is 1. The standard InChI is InChI=1S/C23H25ClN4O2/c1-16(17-8-3-2-4-9-17)25-23(29)18-10-7-13-28(14-18)15-21-26-22(27-30-21)19-11-5-6-12-20(19)24/h2-6,8-9,11-12,16,18H,7,10,13-15H2,1H3,(H,25,29). The second-order valence-corrected chi connectivity index (χ2v) is 8.11. The van der Waals surface area contributed by atoms with Gasteiger partial charge in [-0.25, -0.2) is 0 Å². The van der Waals surface area contributed by atoms with Gasteiger partial charge in [0.25, 0.3) is 0 Å². The van der Waals surface area contributed by atoms with Gasteiger partial charge in [-0.3, -0.25) is 9.69 Å². The highest BCUT2D eigenvalue weighted by Gasteiger charge is 2.28. The zero-order valence-corrected chi connectivity index (χ0v) is 17.7. The SMILES string of the molecule is CC(NC(=O)C1CCCN(Cc2nc(-c3ccccc3Cl)no2)C1)c1ccccc1. The van der Waals surface area contributed by atoms with Gasteiger partial charge >= 0.3 is 0 Å². The van der Waals surface area contributed by atoms with E-state index in [0.29, 0.717) is 29.8 Å². The quantitative estimate of drug-likeness (QED) is 0.631. The maximum Gasteiger partial charge on any atom is 0.241 e. The van der Waals surface area contributed by atoms with Crippen LogP contribution in [0, 0.1) is 5.92 Å². The number of aromatic nitrogens is 2. The van der Waals surface area contributed by atoms with E-state index < -0.39 is 0 Å². The van der Waals surface area contributed by atoms with Crippen LogP contribution in [0.3, 0.4) is 0 Å². The Morgan fingerprint density at radius 1 is 1.23 bits per heavy atom. The second kappa shape index (κ2) is 9.41. The van der Waals surface area contributed by atoms with Gasteiger partial charge in [0.05, 0.1) is 23.5 Å². The van der Waals surface area contributed by atoms with Crippen molar-refractivity contribution < 1.29 is 9.32 Å². The normalized spacial score (nSPS) is 18.1. The van der Waals surface area contributed by atoms with Crippen LogP contribution < -0.4 is 5.32 Å². The number of rotatable bonds is 6. The summed E-state index contributed by atoms with van der Waals surface area (Å²) < 4.78 is 5.43. The number of likely N-dealkylation sites (tertiary alicyclic amines) is 1. The highest BCUT2D eigenvalue weighted by molar-refractivity contribution is 6.33. The average molecular weight is 425 g/mol. The molecule has 0 bridgehead atoms. The summed E-state index contributed by atoms with van der Waals surface area (Å²) in [5, 5.41) is 7.80. The molecule has 1 N–H and O–H groups in total. The number of amides is 1. The van der Waals surface area contributed by atoms with E-state index in [0.717, 1.165) is 30.5 Å². The predicted molar refractivity (Wildman–Crippen MR) is 116 cm³/mol. The van der Waals surface area contributed by atoms with E-state index in [4.69, 9.17) is 16.1 Å². The minimum Gasteiger partial charge on any atom is -0.349 e. The van der Waals surface area contributed by atoms with Crippen LogP contribution in [0.5, 0.6) is 0 Å². The van der Waals surface area contributed by atoms with Crippen molar-refractivity contribution in [3.63, 3.8) is 0 Å². The summed E-state index contributed by atoms with van der Waals surface area (Å²) >= 11 is 6.22. The van der Waals surface area contributed by atoms with E-state index in [1.165, 1.54) is 0 Å². The van der Waals surface area contributed by atoms with Crippen LogP contribution >= 0.6 is 11.6 Å². The lowest BCUT2D eigenvalue weighted by Crippen LogP contribution is -2.43. The first-order valence-electron chi connectivity index (χ1n) is 10.3. The first kappa shape index (κ1) is 20.6. The van der Waals surface area contributed by atoms with Gasteiger partial charge in [-0.2, -0.15) is 4.98 Å². The summed E-state index contributed by atoms with van der Waals surface area (Å²) in [6.45, 7) is 4.12. The Morgan fingerprint density at radius 2 is 2.00 bits per heavy atom. The molecule has 0 aliphatic carbocycles. The molecule has 0 saturated carbocycles. The molecule has 0 radical (unpaired) electrons. The molecule has 2 heterocycles. The maximum absolute atomic E-state index is 12.8. The van der Waals surface area contributed by atoms with E-state index in [-0.39, 0.29) is 17.9 Å². The average Bonchev–Trinajstić information content (AvgIpc) is 3.23. The van der Waals surface area contributed by atoms with Crippen molar-refractivity contribution >= 4 is 17.5 Å². The molecule has 156 valence electrons. The van der Waals surface area contributed by atoms with Gasteiger partial charge in [0, 0.05) is 12.1 Å². The molecule has 6 nitrogen and oxygen atoms in total. The van der Waals surface area contributed by atoms with Crippen LogP contribution in [0.2, 0.25) is 5.02 Å². The molecule has 3 aromatic rings. The summed E-state index contributed by atoms with van der Waals surface area (Å²) in [6, 6.07) is 17.4. The summed E-state index contributed by atoms with van der Waals surface area (Å²) in [5.41, 5.74) is 1.86. The highest BCUT2D eigenvalue weighted by Crippen LogP contribution is 2.26. The molecule has 1 amide bonds. The Hall–Kier alpha value is -2.70. The summed E-state index contributed by atoms with van der Waals surface area (Å²) in [4.78, 5) is 19.5. The lowest BCUT2D eigenvalue weighted by atomic mass is 9.96. The van der Waals surface area contributed by atoms with Crippen LogP contribution in [0.15, 0.2) is 59.1 Å². The molecule has 1 fully saturated rings. The van der Waals surface area contributed by atoms with Gasteiger partial charge in [-0.1, -0.05) is 59.2 Å². The molecule has 1 aliphatic heterocycles. The largest absolute Gasteiger partial charge is 0.349 e. The van der Waals surface area contributed by atoms with Crippen LogP contribution in [-0.4, -0.2) is 34.0 Å². The molecule has 1 aromatic heterocycles. The topological polar surface area (TPSA) is 71.3 Å². The van der Waals surface area contributed by atoms with E-state index in [1.807, 2.05) is 55.5 Å². The Bertz CT molecular complexity index is 992. The second-order valence-electron chi connectivity index (χ2n) is 7.71. The van der Waals surface area contributed by atoms with Gasteiger partial charge in [-0.15, -0.1) is 0 Å². The summed E-state index contributed by atoms with van der Waals surface area (Å²) in [7, 11) is 0. The number of halogens is 1. The van der Waals surface area contributed by atoms with Crippen LogP contribution in [0.1, 0.15) is 37.3 Å². The van der Waals surface area contributed by atoms with Crippen molar-refractivity contribution in [2.45, 2.75) is 32.4 Å². The molecule has 1 saturated heterocycles. The van der Waals surface area contributed by atoms with Gasteiger partial charge in [0.2, 0.25) is 17.6 Å². The van der Waals surface area contributed by atoms with Crippen molar-refractivity contribution in [1.29, 1.82) is 0 Å². The van der Waals surface area contributed by atoms with E-state index >= 15 is 0 Å². The zero-order valence-electron chi connectivity index (χ0n) is 16.9. The Balaban J connectivity index is 1.35. The third-order valence-corrected chi connectivity index (χ3v) is 5.81. The summed E-state index contributed by atoms with van der Waals surface area (Å²) in [5.74, 6) is 1.07. The van der Waals surface area contributed by atoms with Crippen molar-refractivity contribution in [1.82, 2.24) is 20.4 Å². The van der Waals surface area contributed by atoms with E-state index in [1.54, 1.807) is 6.07 Å². The first-order valence-corrected chi connectivity index (χ1v) is 10.6. The first-order chi connectivity index (χ1) is 14.6. The Kier molecular flexibility index (Phi) is 6.45. The monoisotopic (exact) mass is 424 g/mol. The summed E-state index contributed by atoms with van der Waals surface area (Å²) in [6.07, 6.45) is 1.85. The lowest BCUT2D eigenvalue weighted by Gasteiger charge is -2.31. The molecular formula is C23H25ClN4O2. The van der Waals surface area contributed by atoms with Crippen molar-refractivity contribution in [3.05, 3.63) is 71.1 Å². The molecule has 2 aromatic carbocycles. The number of benzene rings is 2. The molecule has 7 heteroatoms. The maximum atomic E-state index is 12.8. The molecule has 2 unspecified atom stereocenters. The fraction of sp³-hybridized carbons (Fsp3) is 0.348. The van der Waals surface area contributed by atoms with Gasteiger partial charge in [0.1, 0.15) is 0 Å². The third-order valence-electron chi connectivity index (χ3n) is 5.48. The van der Waals surface area contributed by atoms with E-state index in [2.05, 4.69) is 20.4 Å². The van der Waals surface area contributed by atoms with Crippen LogP contribution in [-0.2, 0) is 11.3 Å². The number of hydrogen-bond acceptors (Lipinski definition) is 5. The van der Waals surface area contributed by atoms with E-state index in [9.17, 15) is 4.79 Å². The van der Waals surface area contributed by atoms with Gasteiger partial charge in [0.15, 0.2) is 0 Å². The molecule has 1 aliphatic rings. The molecule has 0 spiro atoms. The Morgan fingerprint density at radius 3 is 2.80 bits per heavy atom. The minimum atomic E-state index is -0.0455. The van der Waals surface area contributed by atoms with Crippen LogP contribution in [0.25, 0.3) is 11.4 Å². The molecular weight excluding hydrogens is 400 g/mol. The fourth-order valence-corrected chi connectivity index (χ4v) is 4.05. The van der Waals surface area contributed by atoms with Gasteiger partial charge in [-0.05, 0) is 44.0 Å². The van der Waals surface area contributed by atoms with Crippen molar-refractivity contribution in [3.8, 4) is 11.4 Å². The third kappa shape index (κ3) is 4.89. The minimum absolute atomic E-state index is 0.0109. The highest BCUT2D eigenvalue weighted by atomic mass is 35.5. The molecule has 30 heavy (non-hydrogen) atoms.